The fraction of sp³-hybridized carbons (Fsp3) is 0.933. The largest absolute Gasteiger partial charge is 0.381 e. The fourth-order valence-corrected chi connectivity index (χ4v) is 2.11. The van der Waals surface area contributed by atoms with Crippen LogP contribution < -0.4 is 5.32 Å². The number of unbranched alkanes of at least 4 members (excludes halogenated alkanes) is 3. The standard InChI is InChI=1S/C15H30N2O/c1-4-7-8-9-12-18-13-10-11-15(5-2,14-16)17-6-3/h17H,4-13H2,1-3H3. The molecular weight excluding hydrogens is 224 g/mol. The zero-order valence-electron chi connectivity index (χ0n) is 12.4. The van der Waals surface area contributed by atoms with Gasteiger partial charge in [-0.25, -0.2) is 0 Å². The lowest BCUT2D eigenvalue weighted by Crippen LogP contribution is -2.43. The highest BCUT2D eigenvalue weighted by molar-refractivity contribution is 5.05. The van der Waals surface area contributed by atoms with Gasteiger partial charge in [-0.2, -0.15) is 5.26 Å². The smallest absolute Gasteiger partial charge is 0.106 e. The summed E-state index contributed by atoms with van der Waals surface area (Å²) in [6, 6.07) is 2.42. The summed E-state index contributed by atoms with van der Waals surface area (Å²) in [5, 5.41) is 12.6. The molecule has 0 saturated heterocycles. The van der Waals surface area contributed by atoms with Gasteiger partial charge in [0.15, 0.2) is 0 Å². The van der Waals surface area contributed by atoms with Gasteiger partial charge in [-0.3, -0.25) is 5.32 Å². The van der Waals surface area contributed by atoms with E-state index in [1.54, 1.807) is 0 Å². The maximum atomic E-state index is 9.25. The Hall–Kier alpha value is -0.590. The van der Waals surface area contributed by atoms with Crippen molar-refractivity contribution in [3.8, 4) is 6.07 Å². The minimum Gasteiger partial charge on any atom is -0.381 e. The second-order valence-electron chi connectivity index (χ2n) is 4.85. The van der Waals surface area contributed by atoms with Crippen molar-refractivity contribution in [1.29, 1.82) is 5.26 Å². The van der Waals surface area contributed by atoms with Crippen molar-refractivity contribution >= 4 is 0 Å². The Morgan fingerprint density at radius 1 is 1.06 bits per heavy atom. The van der Waals surface area contributed by atoms with Crippen LogP contribution in [0.1, 0.15) is 65.7 Å². The molecule has 1 unspecified atom stereocenters. The summed E-state index contributed by atoms with van der Waals surface area (Å²) in [6.45, 7) is 8.82. The van der Waals surface area contributed by atoms with Crippen LogP contribution in [0.3, 0.4) is 0 Å². The Kier molecular flexibility index (Phi) is 11.1. The lowest BCUT2D eigenvalue weighted by atomic mass is 9.92. The molecule has 0 aliphatic rings. The predicted molar refractivity (Wildman–Crippen MR) is 76.5 cm³/mol. The van der Waals surface area contributed by atoms with Gasteiger partial charge in [0.25, 0.3) is 0 Å². The van der Waals surface area contributed by atoms with Gasteiger partial charge in [-0.1, -0.05) is 40.0 Å². The first-order valence-corrected chi connectivity index (χ1v) is 7.48. The molecule has 0 aromatic heterocycles. The summed E-state index contributed by atoms with van der Waals surface area (Å²) in [5.41, 5.74) is -0.347. The molecule has 18 heavy (non-hydrogen) atoms. The summed E-state index contributed by atoms with van der Waals surface area (Å²) < 4.78 is 5.61. The van der Waals surface area contributed by atoms with Crippen LogP contribution in [0.4, 0.5) is 0 Å². The maximum absolute atomic E-state index is 9.25. The van der Waals surface area contributed by atoms with E-state index in [1.807, 2.05) is 6.92 Å². The molecule has 0 radical (unpaired) electrons. The third kappa shape index (κ3) is 7.68. The van der Waals surface area contributed by atoms with Crippen molar-refractivity contribution in [2.45, 2.75) is 71.3 Å². The minimum atomic E-state index is -0.347. The number of rotatable bonds is 12. The Labute approximate surface area is 113 Å². The zero-order valence-corrected chi connectivity index (χ0v) is 12.4. The fourth-order valence-electron chi connectivity index (χ4n) is 2.11. The van der Waals surface area contributed by atoms with E-state index in [0.717, 1.165) is 45.4 Å². The van der Waals surface area contributed by atoms with Gasteiger partial charge in [0, 0.05) is 13.2 Å². The van der Waals surface area contributed by atoms with Crippen molar-refractivity contribution in [2.24, 2.45) is 0 Å². The molecule has 0 aliphatic heterocycles. The van der Waals surface area contributed by atoms with Crippen molar-refractivity contribution in [3.05, 3.63) is 0 Å². The van der Waals surface area contributed by atoms with E-state index >= 15 is 0 Å². The van der Waals surface area contributed by atoms with E-state index in [0.29, 0.717) is 0 Å². The maximum Gasteiger partial charge on any atom is 0.106 e. The van der Waals surface area contributed by atoms with E-state index in [-0.39, 0.29) is 5.54 Å². The Morgan fingerprint density at radius 2 is 1.78 bits per heavy atom. The monoisotopic (exact) mass is 254 g/mol. The van der Waals surface area contributed by atoms with Crippen LogP contribution in [0.25, 0.3) is 0 Å². The van der Waals surface area contributed by atoms with Gasteiger partial charge < -0.3 is 4.74 Å². The van der Waals surface area contributed by atoms with E-state index in [2.05, 4.69) is 25.2 Å². The molecule has 0 bridgehead atoms. The number of ether oxygens (including phenoxy) is 1. The molecule has 0 heterocycles. The summed E-state index contributed by atoms with van der Waals surface area (Å²) in [4.78, 5) is 0. The molecule has 3 heteroatoms. The summed E-state index contributed by atoms with van der Waals surface area (Å²) >= 11 is 0. The molecule has 0 aromatic carbocycles. The average Bonchev–Trinajstić information content (AvgIpc) is 2.40. The molecular formula is C15H30N2O. The third-order valence-electron chi connectivity index (χ3n) is 3.37. The summed E-state index contributed by atoms with van der Waals surface area (Å²) in [6.07, 6.45) is 7.70. The Morgan fingerprint density at radius 3 is 2.33 bits per heavy atom. The second-order valence-corrected chi connectivity index (χ2v) is 4.85. The van der Waals surface area contributed by atoms with Gasteiger partial charge >= 0.3 is 0 Å². The molecule has 0 rings (SSSR count). The topological polar surface area (TPSA) is 45.0 Å². The van der Waals surface area contributed by atoms with Crippen LogP contribution in [0.2, 0.25) is 0 Å². The number of nitriles is 1. The first-order valence-electron chi connectivity index (χ1n) is 7.48. The molecule has 1 N–H and O–H groups in total. The molecule has 0 amide bonds. The molecule has 0 fully saturated rings. The van der Waals surface area contributed by atoms with E-state index in [9.17, 15) is 5.26 Å². The SMILES string of the molecule is CCCCCCOCCCC(C#N)(CC)NCC. The van der Waals surface area contributed by atoms with Crippen LogP contribution in [0.15, 0.2) is 0 Å². The molecule has 1 atom stereocenters. The van der Waals surface area contributed by atoms with Crippen LogP contribution in [0.5, 0.6) is 0 Å². The molecule has 3 nitrogen and oxygen atoms in total. The Balaban J connectivity index is 3.59. The van der Waals surface area contributed by atoms with E-state index in [1.165, 1.54) is 19.3 Å². The van der Waals surface area contributed by atoms with E-state index < -0.39 is 0 Å². The summed E-state index contributed by atoms with van der Waals surface area (Å²) in [7, 11) is 0. The molecule has 106 valence electrons. The zero-order chi connectivity index (χ0) is 13.7. The van der Waals surface area contributed by atoms with Gasteiger partial charge in [0.1, 0.15) is 5.54 Å². The molecule has 0 aromatic rings. The predicted octanol–water partition coefficient (Wildman–Crippen LogP) is 3.65. The van der Waals surface area contributed by atoms with Gasteiger partial charge in [-0.05, 0) is 32.2 Å². The highest BCUT2D eigenvalue weighted by Crippen LogP contribution is 2.16. The molecule has 0 aliphatic carbocycles. The summed E-state index contributed by atoms with van der Waals surface area (Å²) in [5.74, 6) is 0. The van der Waals surface area contributed by atoms with Crippen LogP contribution in [-0.2, 0) is 4.74 Å². The number of nitrogens with one attached hydrogen (secondary N) is 1. The first kappa shape index (κ1) is 17.4. The van der Waals surface area contributed by atoms with Gasteiger partial charge in [0.05, 0.1) is 6.07 Å². The first-order chi connectivity index (χ1) is 8.74. The van der Waals surface area contributed by atoms with Crippen molar-refractivity contribution in [2.75, 3.05) is 19.8 Å². The highest BCUT2D eigenvalue weighted by atomic mass is 16.5. The van der Waals surface area contributed by atoms with E-state index in [4.69, 9.17) is 4.74 Å². The Bertz CT molecular complexity index is 225. The number of nitrogens with zero attached hydrogens (tertiary/aromatic N) is 1. The second kappa shape index (κ2) is 11.5. The lowest BCUT2D eigenvalue weighted by molar-refractivity contribution is 0.121. The number of hydrogen-bond donors (Lipinski definition) is 1. The quantitative estimate of drug-likeness (QED) is 0.541. The highest BCUT2D eigenvalue weighted by Gasteiger charge is 2.25. The molecule has 0 saturated carbocycles. The van der Waals surface area contributed by atoms with Gasteiger partial charge in [0.2, 0.25) is 0 Å². The normalized spacial score (nSPS) is 14.1. The number of hydrogen-bond acceptors (Lipinski definition) is 3. The van der Waals surface area contributed by atoms with Crippen LogP contribution in [0, 0.1) is 11.3 Å². The van der Waals surface area contributed by atoms with Crippen LogP contribution >= 0.6 is 0 Å². The van der Waals surface area contributed by atoms with Crippen molar-refractivity contribution in [3.63, 3.8) is 0 Å². The van der Waals surface area contributed by atoms with Crippen molar-refractivity contribution < 1.29 is 4.74 Å². The molecule has 0 spiro atoms. The van der Waals surface area contributed by atoms with Crippen molar-refractivity contribution in [1.82, 2.24) is 5.32 Å². The van der Waals surface area contributed by atoms with Crippen LogP contribution in [-0.4, -0.2) is 25.3 Å². The minimum absolute atomic E-state index is 0.347. The average molecular weight is 254 g/mol. The van der Waals surface area contributed by atoms with Gasteiger partial charge in [-0.15, -0.1) is 0 Å². The third-order valence-corrected chi connectivity index (χ3v) is 3.37. The lowest BCUT2D eigenvalue weighted by Gasteiger charge is -2.25.